The van der Waals surface area contributed by atoms with E-state index in [-0.39, 0.29) is 17.2 Å². The van der Waals surface area contributed by atoms with Crippen molar-refractivity contribution in [2.45, 2.75) is 37.5 Å². The second-order valence-corrected chi connectivity index (χ2v) is 8.86. The fourth-order valence-corrected chi connectivity index (χ4v) is 4.74. The Morgan fingerprint density at radius 1 is 1.16 bits per heavy atom. The van der Waals surface area contributed by atoms with E-state index in [0.29, 0.717) is 5.92 Å². The lowest BCUT2D eigenvalue weighted by Gasteiger charge is -2.23. The van der Waals surface area contributed by atoms with E-state index < -0.39 is 0 Å². The van der Waals surface area contributed by atoms with Crippen LogP contribution in [-0.2, 0) is 14.9 Å². The Morgan fingerprint density at radius 3 is 2.77 bits per heavy atom. The first-order valence-corrected chi connectivity index (χ1v) is 11.0. The molecule has 2 atom stereocenters. The smallest absolute Gasteiger partial charge is 0.244 e. The van der Waals surface area contributed by atoms with Gasteiger partial charge in [-0.2, -0.15) is 5.10 Å². The van der Waals surface area contributed by atoms with Crippen LogP contribution in [0.25, 0.3) is 10.8 Å². The van der Waals surface area contributed by atoms with Crippen molar-refractivity contribution in [1.29, 1.82) is 0 Å². The maximum Gasteiger partial charge on any atom is 0.244 e. The van der Waals surface area contributed by atoms with Gasteiger partial charge in [-0.25, -0.2) is 5.43 Å². The lowest BCUT2D eigenvalue weighted by Crippen LogP contribution is -2.23. The van der Waals surface area contributed by atoms with Gasteiger partial charge in [-0.05, 0) is 47.8 Å². The fraction of sp³-hybridized carbons (Fsp3) is 0.346. The number of carbonyl (C=O) groups is 1. The molecule has 5 nitrogen and oxygen atoms in total. The largest absolute Gasteiger partial charge is 0.381 e. The third-order valence-corrected chi connectivity index (χ3v) is 6.91. The van der Waals surface area contributed by atoms with E-state index in [1.807, 2.05) is 30.5 Å². The number of hydrazone groups is 1. The number of fused-ring (bicyclic) bond motifs is 1. The van der Waals surface area contributed by atoms with Gasteiger partial charge in [0.1, 0.15) is 0 Å². The minimum atomic E-state index is -0.112. The first-order valence-electron chi connectivity index (χ1n) is 11.0. The molecule has 5 rings (SSSR count). The molecule has 3 aromatic rings. The molecule has 2 unspecified atom stereocenters. The number of hydrogen-bond acceptors (Lipinski definition) is 4. The molecule has 1 saturated carbocycles. The Labute approximate surface area is 182 Å². The quantitative estimate of drug-likeness (QED) is 0.493. The summed E-state index contributed by atoms with van der Waals surface area (Å²) < 4.78 is 5.47. The number of carbonyl (C=O) groups excluding carboxylic acids is 1. The van der Waals surface area contributed by atoms with E-state index >= 15 is 0 Å². The minimum absolute atomic E-state index is 0.0193. The first-order chi connectivity index (χ1) is 15.1. The topological polar surface area (TPSA) is 63.6 Å². The first kappa shape index (κ1) is 19.9. The van der Waals surface area contributed by atoms with Gasteiger partial charge in [-0.3, -0.25) is 9.78 Å². The maximum atomic E-state index is 12.7. The van der Waals surface area contributed by atoms with Crippen LogP contribution in [0.3, 0.4) is 0 Å². The second-order valence-electron chi connectivity index (χ2n) is 8.86. The fourth-order valence-electron chi connectivity index (χ4n) is 4.74. The van der Waals surface area contributed by atoms with E-state index in [1.165, 1.54) is 11.1 Å². The number of pyridine rings is 1. The molecule has 158 valence electrons. The molecule has 0 radical (unpaired) electrons. The molecule has 2 fully saturated rings. The standard InChI is InChI=1S/C26H27N3O2/c1-26(22-7-5-18(6-8-22)19-10-13-31-14-11-19)15-24(26)25(30)29-28-17-21-4-2-3-20-16-27-12-9-23(20)21/h2-9,12,16-17,19,24H,10-11,13-15H2,1H3,(H,29,30)/b28-17+. The van der Waals surface area contributed by atoms with E-state index in [0.717, 1.165) is 48.8 Å². The molecule has 2 aliphatic rings. The van der Waals surface area contributed by atoms with Crippen molar-refractivity contribution in [1.82, 2.24) is 10.4 Å². The predicted molar refractivity (Wildman–Crippen MR) is 122 cm³/mol. The van der Waals surface area contributed by atoms with Gasteiger partial charge in [0.2, 0.25) is 5.91 Å². The van der Waals surface area contributed by atoms with Gasteiger partial charge in [0, 0.05) is 42.0 Å². The van der Waals surface area contributed by atoms with Gasteiger partial charge in [0.05, 0.1) is 12.1 Å². The summed E-state index contributed by atoms with van der Waals surface area (Å²) in [5.41, 5.74) is 6.21. The summed E-state index contributed by atoms with van der Waals surface area (Å²) >= 11 is 0. The number of rotatable bonds is 5. The van der Waals surface area contributed by atoms with Gasteiger partial charge < -0.3 is 4.74 Å². The number of benzene rings is 2. The molecule has 1 N–H and O–H groups in total. The van der Waals surface area contributed by atoms with Gasteiger partial charge in [-0.15, -0.1) is 0 Å². The van der Waals surface area contributed by atoms with E-state index in [4.69, 9.17) is 4.74 Å². The predicted octanol–water partition coefficient (Wildman–Crippen LogP) is 4.56. The van der Waals surface area contributed by atoms with Crippen LogP contribution in [0.4, 0.5) is 0 Å². The van der Waals surface area contributed by atoms with E-state index in [1.54, 1.807) is 12.4 Å². The summed E-state index contributed by atoms with van der Waals surface area (Å²) in [7, 11) is 0. The molecule has 1 saturated heterocycles. The number of hydrogen-bond donors (Lipinski definition) is 1. The Bertz CT molecular complexity index is 1110. The highest BCUT2D eigenvalue weighted by Crippen LogP contribution is 2.54. The molecule has 1 aliphatic heterocycles. The summed E-state index contributed by atoms with van der Waals surface area (Å²) in [6.07, 6.45) is 8.34. The van der Waals surface area contributed by atoms with Crippen LogP contribution in [0.15, 0.2) is 66.0 Å². The normalized spacial score (nSPS) is 23.8. The minimum Gasteiger partial charge on any atom is -0.381 e. The van der Waals surface area contributed by atoms with Crippen molar-refractivity contribution >= 4 is 22.9 Å². The third-order valence-electron chi connectivity index (χ3n) is 6.91. The molecular weight excluding hydrogens is 386 g/mol. The summed E-state index contributed by atoms with van der Waals surface area (Å²) in [6, 6.07) is 16.8. The summed E-state index contributed by atoms with van der Waals surface area (Å²) in [5.74, 6) is 0.526. The summed E-state index contributed by atoms with van der Waals surface area (Å²) in [5, 5.41) is 6.35. The molecule has 2 heterocycles. The monoisotopic (exact) mass is 413 g/mol. The molecule has 0 spiro atoms. The maximum absolute atomic E-state index is 12.7. The van der Waals surface area contributed by atoms with Crippen LogP contribution in [0.5, 0.6) is 0 Å². The highest BCUT2D eigenvalue weighted by Gasteiger charge is 2.55. The lowest BCUT2D eigenvalue weighted by molar-refractivity contribution is -0.122. The molecular formula is C26H27N3O2. The zero-order valence-corrected chi connectivity index (χ0v) is 17.8. The number of nitrogens with one attached hydrogen (secondary N) is 1. The highest BCUT2D eigenvalue weighted by atomic mass is 16.5. The average Bonchev–Trinajstić information content (AvgIpc) is 3.53. The molecule has 1 aromatic heterocycles. The van der Waals surface area contributed by atoms with Crippen LogP contribution in [0.1, 0.15) is 48.8 Å². The van der Waals surface area contributed by atoms with Crippen molar-refractivity contribution < 1.29 is 9.53 Å². The molecule has 1 aliphatic carbocycles. The molecule has 31 heavy (non-hydrogen) atoms. The van der Waals surface area contributed by atoms with Crippen molar-refractivity contribution in [3.63, 3.8) is 0 Å². The van der Waals surface area contributed by atoms with Crippen molar-refractivity contribution in [2.24, 2.45) is 11.0 Å². The van der Waals surface area contributed by atoms with Crippen molar-refractivity contribution in [3.8, 4) is 0 Å². The Morgan fingerprint density at radius 2 is 1.97 bits per heavy atom. The average molecular weight is 414 g/mol. The molecule has 1 amide bonds. The van der Waals surface area contributed by atoms with Crippen LogP contribution < -0.4 is 5.43 Å². The Balaban J connectivity index is 1.22. The number of amides is 1. The van der Waals surface area contributed by atoms with Gasteiger partial charge in [0.25, 0.3) is 0 Å². The highest BCUT2D eigenvalue weighted by molar-refractivity contribution is 5.99. The Hall–Kier alpha value is -3.05. The van der Waals surface area contributed by atoms with Gasteiger partial charge in [-0.1, -0.05) is 49.4 Å². The number of ether oxygens (including phenoxy) is 1. The van der Waals surface area contributed by atoms with Gasteiger partial charge >= 0.3 is 0 Å². The zero-order chi connectivity index (χ0) is 21.3. The third kappa shape index (κ3) is 3.98. The van der Waals surface area contributed by atoms with Crippen molar-refractivity contribution in [3.05, 3.63) is 77.6 Å². The van der Waals surface area contributed by atoms with Crippen LogP contribution in [-0.4, -0.2) is 30.3 Å². The van der Waals surface area contributed by atoms with Crippen LogP contribution in [0, 0.1) is 5.92 Å². The molecule has 0 bridgehead atoms. The van der Waals surface area contributed by atoms with Crippen LogP contribution in [0.2, 0.25) is 0 Å². The number of nitrogens with zero attached hydrogens (tertiary/aromatic N) is 2. The SMILES string of the molecule is CC1(c2ccc(C3CCOCC3)cc2)CC1C(=O)N/N=C/c1cccc2cnccc12. The van der Waals surface area contributed by atoms with Crippen molar-refractivity contribution in [2.75, 3.05) is 13.2 Å². The van der Waals surface area contributed by atoms with E-state index in [2.05, 4.69) is 46.7 Å². The second kappa shape index (κ2) is 8.23. The number of aromatic nitrogens is 1. The molecule has 5 heteroatoms. The summed E-state index contributed by atoms with van der Waals surface area (Å²) in [4.78, 5) is 16.9. The lowest BCUT2D eigenvalue weighted by atomic mass is 9.88. The van der Waals surface area contributed by atoms with Crippen LogP contribution >= 0.6 is 0 Å². The Kier molecular flexibility index (Phi) is 5.28. The molecule has 2 aromatic carbocycles. The van der Waals surface area contributed by atoms with Gasteiger partial charge in [0.15, 0.2) is 0 Å². The summed E-state index contributed by atoms with van der Waals surface area (Å²) in [6.45, 7) is 3.87. The van der Waals surface area contributed by atoms with E-state index in [9.17, 15) is 4.79 Å². The zero-order valence-electron chi connectivity index (χ0n) is 17.8.